The van der Waals surface area contributed by atoms with Crippen LogP contribution >= 0.6 is 11.6 Å². The molecule has 2 rings (SSSR count). The van der Waals surface area contributed by atoms with Crippen molar-refractivity contribution in [2.24, 2.45) is 0 Å². The number of esters is 1. The highest BCUT2D eigenvalue weighted by Crippen LogP contribution is 2.18. The first kappa shape index (κ1) is 9.93. The van der Waals surface area contributed by atoms with Gasteiger partial charge in [-0.05, 0) is 24.3 Å². The average molecular weight is 222 g/mol. The quantitative estimate of drug-likeness (QED) is 0.695. The molecule has 0 aliphatic rings. The molecule has 0 amide bonds. The number of aromatic nitrogens is 1. The van der Waals surface area contributed by atoms with E-state index in [9.17, 15) is 4.79 Å². The molecular weight excluding hydrogens is 214 g/mol. The molecule has 0 unspecified atom stereocenters. The van der Waals surface area contributed by atoms with Crippen LogP contribution in [-0.4, -0.2) is 18.1 Å². The Bertz CT molecular complexity index is 525. The minimum Gasteiger partial charge on any atom is -0.465 e. The fourth-order valence-corrected chi connectivity index (χ4v) is 1.52. The SMILES string of the molecule is COC(=O)c1ccc2ncc(Cl)cc2c1. The molecule has 4 heteroatoms. The third-order valence-electron chi connectivity index (χ3n) is 2.07. The van der Waals surface area contributed by atoms with Crippen molar-refractivity contribution in [3.63, 3.8) is 0 Å². The van der Waals surface area contributed by atoms with Gasteiger partial charge in [-0.3, -0.25) is 4.98 Å². The van der Waals surface area contributed by atoms with Crippen molar-refractivity contribution in [3.8, 4) is 0 Å². The molecule has 0 saturated carbocycles. The van der Waals surface area contributed by atoms with Crippen LogP contribution in [0, 0.1) is 0 Å². The number of halogens is 1. The monoisotopic (exact) mass is 221 g/mol. The standard InChI is InChI=1S/C11H8ClNO2/c1-15-11(14)7-2-3-10-8(4-7)5-9(12)6-13-10/h2-6H,1H3. The molecule has 1 aromatic carbocycles. The third-order valence-corrected chi connectivity index (χ3v) is 2.28. The molecule has 0 saturated heterocycles. The summed E-state index contributed by atoms with van der Waals surface area (Å²) in [6.45, 7) is 0. The number of hydrogen-bond donors (Lipinski definition) is 0. The van der Waals surface area contributed by atoms with Crippen LogP contribution in [0.4, 0.5) is 0 Å². The van der Waals surface area contributed by atoms with Gasteiger partial charge in [0, 0.05) is 11.6 Å². The maximum Gasteiger partial charge on any atom is 0.337 e. The minimum atomic E-state index is -0.364. The van der Waals surface area contributed by atoms with Crippen LogP contribution in [0.3, 0.4) is 0 Å². The Morgan fingerprint density at radius 1 is 1.40 bits per heavy atom. The second kappa shape index (κ2) is 3.87. The van der Waals surface area contributed by atoms with E-state index in [0.717, 1.165) is 10.9 Å². The normalized spacial score (nSPS) is 10.3. The van der Waals surface area contributed by atoms with Crippen molar-refractivity contribution in [2.75, 3.05) is 7.11 Å². The second-order valence-electron chi connectivity index (χ2n) is 3.05. The van der Waals surface area contributed by atoms with Gasteiger partial charge in [0.15, 0.2) is 0 Å². The van der Waals surface area contributed by atoms with E-state index in [2.05, 4.69) is 9.72 Å². The van der Waals surface area contributed by atoms with E-state index in [1.165, 1.54) is 7.11 Å². The summed E-state index contributed by atoms with van der Waals surface area (Å²) < 4.78 is 4.62. The van der Waals surface area contributed by atoms with E-state index in [-0.39, 0.29) is 5.97 Å². The highest BCUT2D eigenvalue weighted by atomic mass is 35.5. The lowest BCUT2D eigenvalue weighted by Crippen LogP contribution is -2.00. The zero-order chi connectivity index (χ0) is 10.8. The predicted octanol–water partition coefficient (Wildman–Crippen LogP) is 2.67. The zero-order valence-electron chi connectivity index (χ0n) is 8.03. The van der Waals surface area contributed by atoms with E-state index in [4.69, 9.17) is 11.6 Å². The van der Waals surface area contributed by atoms with E-state index in [1.807, 2.05) is 0 Å². The Balaban J connectivity index is 2.59. The lowest BCUT2D eigenvalue weighted by Gasteiger charge is -2.01. The van der Waals surface area contributed by atoms with Crippen LogP contribution in [-0.2, 0) is 4.74 Å². The number of ether oxygens (including phenoxy) is 1. The smallest absolute Gasteiger partial charge is 0.337 e. The lowest BCUT2D eigenvalue weighted by atomic mass is 10.1. The fourth-order valence-electron chi connectivity index (χ4n) is 1.35. The highest BCUT2D eigenvalue weighted by Gasteiger charge is 2.06. The maximum absolute atomic E-state index is 11.3. The predicted molar refractivity (Wildman–Crippen MR) is 58.1 cm³/mol. The molecule has 0 aliphatic carbocycles. The van der Waals surface area contributed by atoms with Gasteiger partial charge in [-0.25, -0.2) is 4.79 Å². The molecule has 0 atom stereocenters. The summed E-state index contributed by atoms with van der Waals surface area (Å²) in [6.07, 6.45) is 1.57. The van der Waals surface area contributed by atoms with Crippen molar-refractivity contribution in [3.05, 3.63) is 41.0 Å². The molecule has 0 fully saturated rings. The van der Waals surface area contributed by atoms with Crippen LogP contribution in [0.25, 0.3) is 10.9 Å². The Kier molecular flexibility index (Phi) is 2.56. The van der Waals surface area contributed by atoms with Crippen molar-refractivity contribution in [1.29, 1.82) is 0 Å². The van der Waals surface area contributed by atoms with Gasteiger partial charge in [-0.15, -0.1) is 0 Å². The van der Waals surface area contributed by atoms with Crippen LogP contribution in [0.5, 0.6) is 0 Å². The number of methoxy groups -OCH3 is 1. The van der Waals surface area contributed by atoms with Crippen LogP contribution in [0.1, 0.15) is 10.4 Å². The van der Waals surface area contributed by atoms with Gasteiger partial charge in [0.05, 0.1) is 23.2 Å². The largest absolute Gasteiger partial charge is 0.465 e. The summed E-state index contributed by atoms with van der Waals surface area (Å²) in [5, 5.41) is 1.37. The number of fused-ring (bicyclic) bond motifs is 1. The number of carbonyl (C=O) groups excluding carboxylic acids is 1. The zero-order valence-corrected chi connectivity index (χ0v) is 8.78. The second-order valence-corrected chi connectivity index (χ2v) is 3.49. The van der Waals surface area contributed by atoms with Gasteiger partial charge in [0.2, 0.25) is 0 Å². The van der Waals surface area contributed by atoms with Gasteiger partial charge in [-0.2, -0.15) is 0 Å². The molecule has 0 radical (unpaired) electrons. The third kappa shape index (κ3) is 1.92. The number of benzene rings is 1. The molecule has 15 heavy (non-hydrogen) atoms. The van der Waals surface area contributed by atoms with Gasteiger partial charge in [-0.1, -0.05) is 11.6 Å². The highest BCUT2D eigenvalue weighted by molar-refractivity contribution is 6.31. The van der Waals surface area contributed by atoms with Crippen LogP contribution in [0.15, 0.2) is 30.5 Å². The van der Waals surface area contributed by atoms with E-state index < -0.39 is 0 Å². The van der Waals surface area contributed by atoms with Gasteiger partial charge >= 0.3 is 5.97 Å². The van der Waals surface area contributed by atoms with E-state index in [1.54, 1.807) is 30.5 Å². The average Bonchev–Trinajstić information content (AvgIpc) is 2.27. The maximum atomic E-state index is 11.3. The molecule has 0 N–H and O–H groups in total. The number of pyridine rings is 1. The lowest BCUT2D eigenvalue weighted by molar-refractivity contribution is 0.0601. The molecular formula is C11H8ClNO2. The molecule has 0 aliphatic heterocycles. The van der Waals surface area contributed by atoms with Gasteiger partial charge < -0.3 is 4.74 Å². The first-order valence-electron chi connectivity index (χ1n) is 4.34. The summed E-state index contributed by atoms with van der Waals surface area (Å²) in [6, 6.07) is 6.91. The summed E-state index contributed by atoms with van der Waals surface area (Å²) in [5.74, 6) is -0.364. The molecule has 1 aromatic heterocycles. The Morgan fingerprint density at radius 3 is 2.93 bits per heavy atom. The number of rotatable bonds is 1. The molecule has 3 nitrogen and oxygen atoms in total. The topological polar surface area (TPSA) is 39.2 Å². The van der Waals surface area contributed by atoms with E-state index in [0.29, 0.717) is 10.6 Å². The Morgan fingerprint density at radius 2 is 2.20 bits per heavy atom. The first-order chi connectivity index (χ1) is 7.20. The summed E-state index contributed by atoms with van der Waals surface area (Å²) >= 11 is 5.81. The van der Waals surface area contributed by atoms with Gasteiger partial charge in [0.25, 0.3) is 0 Å². The van der Waals surface area contributed by atoms with Gasteiger partial charge in [0.1, 0.15) is 0 Å². The van der Waals surface area contributed by atoms with Crippen molar-refractivity contribution < 1.29 is 9.53 Å². The molecule has 76 valence electrons. The summed E-state index contributed by atoms with van der Waals surface area (Å²) in [4.78, 5) is 15.4. The van der Waals surface area contributed by atoms with Crippen molar-refractivity contribution in [2.45, 2.75) is 0 Å². The van der Waals surface area contributed by atoms with E-state index >= 15 is 0 Å². The van der Waals surface area contributed by atoms with Crippen molar-refractivity contribution >= 4 is 28.5 Å². The first-order valence-corrected chi connectivity index (χ1v) is 4.72. The molecule has 0 spiro atoms. The Labute approximate surface area is 91.6 Å². The Hall–Kier alpha value is -1.61. The van der Waals surface area contributed by atoms with Crippen LogP contribution in [0.2, 0.25) is 5.02 Å². The summed E-state index contributed by atoms with van der Waals surface area (Å²) in [7, 11) is 1.35. The molecule has 2 aromatic rings. The minimum absolute atomic E-state index is 0.364. The fraction of sp³-hybridized carbons (Fsp3) is 0.0909. The number of hydrogen-bond acceptors (Lipinski definition) is 3. The summed E-state index contributed by atoms with van der Waals surface area (Å²) in [5.41, 5.74) is 1.29. The van der Waals surface area contributed by atoms with Crippen LogP contribution < -0.4 is 0 Å². The molecule has 0 bridgehead atoms. The molecule has 1 heterocycles. The number of carbonyl (C=O) groups is 1. The number of nitrogens with zero attached hydrogens (tertiary/aromatic N) is 1. The van der Waals surface area contributed by atoms with Crippen molar-refractivity contribution in [1.82, 2.24) is 4.98 Å².